The number of halogens is 1. The Morgan fingerprint density at radius 2 is 1.56 bits per heavy atom. The fourth-order valence-corrected chi connectivity index (χ4v) is 0.567. The summed E-state index contributed by atoms with van der Waals surface area (Å²) < 4.78 is 0. The van der Waals surface area contributed by atoms with Crippen molar-refractivity contribution in [2.45, 2.75) is 0 Å². The van der Waals surface area contributed by atoms with Crippen LogP contribution in [0.15, 0.2) is 24.3 Å². The Kier molecular flexibility index (Phi) is 5.21. The Hall–Kier alpha value is 0.946. The molecule has 0 atom stereocenters. The third kappa shape index (κ3) is 3.60. The molecule has 9 heavy (non-hydrogen) atoms. The van der Waals surface area contributed by atoms with Gasteiger partial charge in [-0.3, -0.25) is 0 Å². The van der Waals surface area contributed by atoms with Crippen molar-refractivity contribution >= 4 is 11.6 Å². The monoisotopic (exact) mass is 167 g/mol. The van der Waals surface area contributed by atoms with Gasteiger partial charge in [0.05, 0.1) is 0 Å². The Morgan fingerprint density at radius 3 is 1.89 bits per heavy atom. The zero-order valence-electron chi connectivity index (χ0n) is 5.13. The largest absolute Gasteiger partial charge is 1.00 e. The van der Waals surface area contributed by atoms with Gasteiger partial charge in [-0.2, -0.15) is 0 Å². The molecule has 0 saturated carbocycles. The molecule has 3 heteroatoms. The maximum Gasteiger partial charge on any atom is 1.00 e. The quantitative estimate of drug-likeness (QED) is 0.494. The van der Waals surface area contributed by atoms with Gasteiger partial charge in [-0.1, -0.05) is 11.6 Å². The molecule has 1 aromatic carbocycles. The Labute approximate surface area is 101 Å². The molecule has 0 aromatic heterocycles. The van der Waals surface area contributed by atoms with Crippen LogP contribution < -0.4 is 51.4 Å². The zero-order valence-corrected chi connectivity index (χ0v) is 9.01. The molecule has 0 saturated heterocycles. The molecule has 0 bridgehead atoms. The molecule has 1 N–H and O–H groups in total. The normalized spacial score (nSPS) is 8.11. The molecule has 0 aliphatic heterocycles. The number of hydrogen-bond acceptors (Lipinski definition) is 1. The van der Waals surface area contributed by atoms with Crippen LogP contribution in [-0.4, -0.2) is 5.11 Å². The average Bonchev–Trinajstić information content (AvgIpc) is 1.77. The topological polar surface area (TPSA) is 20.2 Å². The second-order valence-electron chi connectivity index (χ2n) is 1.48. The number of hydrogen-bond donors (Lipinski definition) is 1. The second kappa shape index (κ2) is 4.71. The van der Waals surface area contributed by atoms with Gasteiger partial charge in [0, 0.05) is 5.02 Å². The fraction of sp³-hybridized carbons (Fsp3) is 0. The van der Waals surface area contributed by atoms with E-state index in [2.05, 4.69) is 0 Å². The molecule has 42 valence electrons. The first-order valence-corrected chi connectivity index (χ1v) is 2.61. The second-order valence-corrected chi connectivity index (χ2v) is 1.91. The van der Waals surface area contributed by atoms with E-state index in [1.807, 2.05) is 0 Å². The fourth-order valence-electron chi connectivity index (χ4n) is 0.441. The van der Waals surface area contributed by atoms with E-state index in [4.69, 9.17) is 16.7 Å². The molecule has 0 aliphatic rings. The molecule has 0 heterocycles. The van der Waals surface area contributed by atoms with Crippen molar-refractivity contribution < 1.29 is 56.5 Å². The molecule has 0 aliphatic carbocycles. The summed E-state index contributed by atoms with van der Waals surface area (Å²) in [5.74, 6) is 0.245. The molecule has 0 fully saturated rings. The van der Waals surface area contributed by atoms with Crippen LogP contribution in [0.25, 0.3) is 0 Å². The van der Waals surface area contributed by atoms with Gasteiger partial charge in [-0.05, 0) is 24.3 Å². The van der Waals surface area contributed by atoms with E-state index in [0.29, 0.717) is 5.02 Å². The van der Waals surface area contributed by atoms with Gasteiger partial charge in [-0.15, -0.1) is 0 Å². The van der Waals surface area contributed by atoms with Gasteiger partial charge in [0.2, 0.25) is 0 Å². The Balaban J connectivity index is 0.000000640. The van der Waals surface area contributed by atoms with E-state index < -0.39 is 0 Å². The van der Waals surface area contributed by atoms with Crippen LogP contribution in [0.3, 0.4) is 0 Å². The molecule has 0 amide bonds. The molecule has 0 unspecified atom stereocenters. The van der Waals surface area contributed by atoms with Crippen LogP contribution in [0.2, 0.25) is 5.02 Å². The molecule has 0 spiro atoms. The maximum atomic E-state index is 8.70. The first-order valence-electron chi connectivity index (χ1n) is 2.23. The van der Waals surface area contributed by atoms with Crippen molar-refractivity contribution in [1.29, 1.82) is 0 Å². The van der Waals surface area contributed by atoms with E-state index in [-0.39, 0.29) is 57.1 Å². The minimum absolute atomic E-state index is 0. The van der Waals surface area contributed by atoms with Crippen molar-refractivity contribution in [1.82, 2.24) is 0 Å². The van der Waals surface area contributed by atoms with Crippen molar-refractivity contribution in [2.75, 3.05) is 0 Å². The van der Waals surface area contributed by atoms with Crippen molar-refractivity contribution in [3.63, 3.8) is 0 Å². The Bertz CT molecular complexity index is 152. The summed E-state index contributed by atoms with van der Waals surface area (Å²) in [6, 6.07) is 6.36. The third-order valence-corrected chi connectivity index (χ3v) is 1.08. The summed E-state index contributed by atoms with van der Waals surface area (Å²) in [5, 5.41) is 9.34. The van der Waals surface area contributed by atoms with Crippen LogP contribution in [0.1, 0.15) is 0 Å². The maximum absolute atomic E-state index is 8.70. The van der Waals surface area contributed by atoms with Gasteiger partial charge in [-0.25, -0.2) is 0 Å². The smallest absolute Gasteiger partial charge is 0.508 e. The van der Waals surface area contributed by atoms with Crippen LogP contribution in [0.4, 0.5) is 0 Å². The zero-order chi connectivity index (χ0) is 5.98. The number of benzene rings is 1. The van der Waals surface area contributed by atoms with Gasteiger partial charge < -0.3 is 5.11 Å². The minimum atomic E-state index is 0. The molecule has 1 rings (SSSR count). The van der Waals surface area contributed by atoms with E-state index in [1.165, 1.54) is 0 Å². The van der Waals surface area contributed by atoms with Crippen molar-refractivity contribution in [2.24, 2.45) is 0 Å². The molecular weight excluding hydrogens is 163 g/mol. The standard InChI is InChI=1S/C6H5ClO.K/c7-5-1-3-6(8)4-2-5;/h1-4,8H;/q;+1. The van der Waals surface area contributed by atoms with E-state index in [0.717, 1.165) is 0 Å². The van der Waals surface area contributed by atoms with Gasteiger partial charge in [0.25, 0.3) is 0 Å². The average molecular weight is 168 g/mol. The number of aromatic hydroxyl groups is 1. The summed E-state index contributed by atoms with van der Waals surface area (Å²) in [6.07, 6.45) is 0. The summed E-state index contributed by atoms with van der Waals surface area (Å²) in [6.45, 7) is 0. The predicted molar refractivity (Wildman–Crippen MR) is 33.1 cm³/mol. The number of phenolic OH excluding ortho intramolecular Hbond substituents is 1. The van der Waals surface area contributed by atoms with Crippen LogP contribution in [0.5, 0.6) is 5.75 Å². The summed E-state index contributed by atoms with van der Waals surface area (Å²) in [5.41, 5.74) is 0. The third-order valence-electron chi connectivity index (χ3n) is 0.827. The van der Waals surface area contributed by atoms with E-state index in [1.54, 1.807) is 24.3 Å². The van der Waals surface area contributed by atoms with E-state index >= 15 is 0 Å². The predicted octanol–water partition coefficient (Wildman–Crippen LogP) is -0.950. The van der Waals surface area contributed by atoms with Crippen LogP contribution >= 0.6 is 11.6 Å². The van der Waals surface area contributed by atoms with Crippen LogP contribution in [0, 0.1) is 0 Å². The minimum Gasteiger partial charge on any atom is -0.508 e. The van der Waals surface area contributed by atoms with Gasteiger partial charge in [0.15, 0.2) is 0 Å². The molecular formula is C6H5ClKO+. The number of rotatable bonds is 0. The summed E-state index contributed by atoms with van der Waals surface area (Å²) >= 11 is 5.50. The first kappa shape index (κ1) is 9.95. The van der Waals surface area contributed by atoms with Gasteiger partial charge >= 0.3 is 51.4 Å². The summed E-state index contributed by atoms with van der Waals surface area (Å²) in [7, 11) is 0. The van der Waals surface area contributed by atoms with Crippen molar-refractivity contribution in [3.8, 4) is 5.75 Å². The SMILES string of the molecule is Oc1ccc(Cl)cc1.[K+]. The number of phenols is 1. The Morgan fingerprint density at radius 1 is 1.11 bits per heavy atom. The first-order chi connectivity index (χ1) is 3.79. The van der Waals surface area contributed by atoms with Crippen LogP contribution in [-0.2, 0) is 0 Å². The van der Waals surface area contributed by atoms with E-state index in [9.17, 15) is 0 Å². The van der Waals surface area contributed by atoms with Gasteiger partial charge in [0.1, 0.15) is 5.75 Å². The molecule has 0 radical (unpaired) electrons. The van der Waals surface area contributed by atoms with Crippen molar-refractivity contribution in [3.05, 3.63) is 29.3 Å². The summed E-state index contributed by atoms with van der Waals surface area (Å²) in [4.78, 5) is 0. The molecule has 1 nitrogen and oxygen atoms in total. The molecule has 1 aromatic rings.